The largest absolute Gasteiger partial charge is 0.346 e. The summed E-state index contributed by atoms with van der Waals surface area (Å²) < 4.78 is 0. The molecule has 2 N–H and O–H groups in total. The van der Waals surface area contributed by atoms with Gasteiger partial charge in [-0.15, -0.1) is 0 Å². The first kappa shape index (κ1) is 12.6. The molecule has 2 atom stereocenters. The van der Waals surface area contributed by atoms with E-state index in [4.69, 9.17) is 0 Å². The summed E-state index contributed by atoms with van der Waals surface area (Å²) in [5, 5.41) is 3.63. The van der Waals surface area contributed by atoms with Gasteiger partial charge in [-0.25, -0.2) is 9.99 Å². The molecule has 0 aromatic carbocycles. The molecule has 4 heteroatoms. The normalized spacial score (nSPS) is 24.9. The maximum Gasteiger partial charge on any atom is 0.137 e. The first-order valence-electron chi connectivity index (χ1n) is 7.18. The topological polar surface area (TPSA) is 44.0 Å². The summed E-state index contributed by atoms with van der Waals surface area (Å²) in [5.41, 5.74) is 5.86. The van der Waals surface area contributed by atoms with Gasteiger partial charge >= 0.3 is 0 Å². The smallest absolute Gasteiger partial charge is 0.137 e. The average Bonchev–Trinajstić information content (AvgIpc) is 2.82. The van der Waals surface area contributed by atoms with Crippen molar-refractivity contribution >= 4 is 11.0 Å². The summed E-state index contributed by atoms with van der Waals surface area (Å²) in [6.45, 7) is 5.47. The summed E-state index contributed by atoms with van der Waals surface area (Å²) in [6.07, 6.45) is 7.80. The predicted octanol–water partition coefficient (Wildman–Crippen LogP) is 2.83. The third kappa shape index (κ3) is 2.51. The molecule has 3 heterocycles. The second-order valence-electron chi connectivity index (χ2n) is 5.58. The van der Waals surface area contributed by atoms with Gasteiger partial charge in [0.25, 0.3) is 0 Å². The van der Waals surface area contributed by atoms with Gasteiger partial charge in [0.15, 0.2) is 0 Å². The van der Waals surface area contributed by atoms with Gasteiger partial charge < -0.3 is 4.98 Å². The number of hydrogen-bond donors (Lipinski definition) is 2. The van der Waals surface area contributed by atoms with E-state index in [1.807, 2.05) is 12.3 Å². The van der Waals surface area contributed by atoms with Crippen molar-refractivity contribution in [3.05, 3.63) is 30.1 Å². The minimum atomic E-state index is 0.618. The average molecular weight is 258 g/mol. The van der Waals surface area contributed by atoms with Gasteiger partial charge in [-0.1, -0.05) is 6.42 Å². The Labute approximate surface area is 114 Å². The Balaban J connectivity index is 1.71. The van der Waals surface area contributed by atoms with Crippen molar-refractivity contribution in [3.8, 4) is 0 Å². The highest BCUT2D eigenvalue weighted by Crippen LogP contribution is 2.21. The molecule has 1 saturated heterocycles. The van der Waals surface area contributed by atoms with Crippen molar-refractivity contribution in [1.82, 2.24) is 20.4 Å². The van der Waals surface area contributed by atoms with Crippen LogP contribution in [0.3, 0.4) is 0 Å². The van der Waals surface area contributed by atoms with Crippen LogP contribution in [0.5, 0.6) is 0 Å². The molecule has 0 bridgehead atoms. The fraction of sp³-hybridized carbons (Fsp3) is 0.533. The lowest BCUT2D eigenvalue weighted by Gasteiger charge is -2.39. The number of pyridine rings is 1. The lowest BCUT2D eigenvalue weighted by Crippen LogP contribution is -2.51. The number of nitrogens with zero attached hydrogens (tertiary/aromatic N) is 2. The van der Waals surface area contributed by atoms with Crippen LogP contribution in [-0.2, 0) is 6.54 Å². The zero-order chi connectivity index (χ0) is 13.2. The minimum absolute atomic E-state index is 0.618. The van der Waals surface area contributed by atoms with E-state index in [0.717, 1.165) is 12.2 Å². The highest BCUT2D eigenvalue weighted by Gasteiger charge is 2.24. The van der Waals surface area contributed by atoms with E-state index >= 15 is 0 Å². The third-order valence-corrected chi connectivity index (χ3v) is 4.18. The van der Waals surface area contributed by atoms with E-state index in [0.29, 0.717) is 12.1 Å². The summed E-state index contributed by atoms with van der Waals surface area (Å²) >= 11 is 0. The Morgan fingerprint density at radius 3 is 2.95 bits per heavy atom. The first-order valence-corrected chi connectivity index (χ1v) is 7.18. The van der Waals surface area contributed by atoms with Crippen LogP contribution in [0.25, 0.3) is 11.0 Å². The quantitative estimate of drug-likeness (QED) is 0.889. The molecule has 1 aliphatic rings. The van der Waals surface area contributed by atoms with Crippen molar-refractivity contribution in [1.29, 1.82) is 0 Å². The number of piperidine rings is 1. The van der Waals surface area contributed by atoms with Crippen LogP contribution in [-0.4, -0.2) is 27.1 Å². The van der Waals surface area contributed by atoms with E-state index < -0.39 is 0 Å². The first-order chi connectivity index (χ1) is 9.25. The van der Waals surface area contributed by atoms with E-state index in [9.17, 15) is 0 Å². The van der Waals surface area contributed by atoms with Crippen LogP contribution in [0, 0.1) is 0 Å². The molecule has 3 rings (SSSR count). The number of hydrazine groups is 1. The number of rotatable bonds is 3. The van der Waals surface area contributed by atoms with Crippen molar-refractivity contribution in [2.75, 3.05) is 0 Å². The lowest BCUT2D eigenvalue weighted by atomic mass is 10.00. The third-order valence-electron chi connectivity index (χ3n) is 4.18. The van der Waals surface area contributed by atoms with Gasteiger partial charge in [0.1, 0.15) is 5.65 Å². The molecule has 0 radical (unpaired) electrons. The SMILES string of the molecule is CC1CCCC(C)N1NCc1c[nH]c2ncccc12. The van der Waals surface area contributed by atoms with Crippen molar-refractivity contribution < 1.29 is 0 Å². The fourth-order valence-corrected chi connectivity index (χ4v) is 3.07. The number of hydrogen-bond acceptors (Lipinski definition) is 3. The maximum atomic E-state index is 4.33. The van der Waals surface area contributed by atoms with Crippen LogP contribution in [0.15, 0.2) is 24.5 Å². The van der Waals surface area contributed by atoms with E-state index in [1.165, 1.54) is 30.2 Å². The molecule has 2 aromatic rings. The number of fused-ring (bicyclic) bond motifs is 1. The molecule has 1 fully saturated rings. The standard InChI is InChI=1S/C15H22N4/c1-11-5-3-6-12(2)19(11)18-10-13-9-17-15-14(13)7-4-8-16-15/h4,7-9,11-12,18H,3,5-6,10H2,1-2H3,(H,16,17). The monoisotopic (exact) mass is 258 g/mol. The van der Waals surface area contributed by atoms with Crippen LogP contribution in [0.1, 0.15) is 38.7 Å². The molecule has 0 spiro atoms. The van der Waals surface area contributed by atoms with Crippen LogP contribution in [0.4, 0.5) is 0 Å². The number of aromatic amines is 1. The van der Waals surface area contributed by atoms with E-state index in [-0.39, 0.29) is 0 Å². The molecule has 2 unspecified atom stereocenters. The molecule has 102 valence electrons. The predicted molar refractivity (Wildman–Crippen MR) is 77.5 cm³/mol. The summed E-state index contributed by atoms with van der Waals surface area (Å²) in [6, 6.07) is 5.35. The Bertz CT molecular complexity index is 538. The second kappa shape index (κ2) is 5.31. The van der Waals surface area contributed by atoms with Crippen molar-refractivity contribution in [2.24, 2.45) is 0 Å². The molecule has 0 aliphatic carbocycles. The zero-order valence-corrected chi connectivity index (χ0v) is 11.7. The molecule has 2 aromatic heterocycles. The molecule has 0 amide bonds. The molecular weight excluding hydrogens is 236 g/mol. The second-order valence-corrected chi connectivity index (χ2v) is 5.58. The van der Waals surface area contributed by atoms with E-state index in [1.54, 1.807) is 0 Å². The van der Waals surface area contributed by atoms with Gasteiger partial charge in [0.2, 0.25) is 0 Å². The van der Waals surface area contributed by atoms with Crippen molar-refractivity contribution in [3.63, 3.8) is 0 Å². The molecular formula is C15H22N4. The molecule has 19 heavy (non-hydrogen) atoms. The maximum absolute atomic E-state index is 4.33. The fourth-order valence-electron chi connectivity index (χ4n) is 3.07. The number of nitrogens with one attached hydrogen (secondary N) is 2. The van der Waals surface area contributed by atoms with Gasteiger partial charge in [0, 0.05) is 36.4 Å². The Kier molecular flexibility index (Phi) is 3.53. The molecule has 1 aliphatic heterocycles. The Morgan fingerprint density at radius 1 is 1.37 bits per heavy atom. The van der Waals surface area contributed by atoms with Crippen molar-refractivity contribution in [2.45, 2.75) is 51.7 Å². The molecule has 0 saturated carbocycles. The highest BCUT2D eigenvalue weighted by molar-refractivity contribution is 5.79. The van der Waals surface area contributed by atoms with Gasteiger partial charge in [0.05, 0.1) is 0 Å². The van der Waals surface area contributed by atoms with Gasteiger partial charge in [-0.05, 0) is 44.4 Å². The number of aromatic nitrogens is 2. The summed E-state index contributed by atoms with van der Waals surface area (Å²) in [4.78, 5) is 7.56. The van der Waals surface area contributed by atoms with Gasteiger partial charge in [-0.2, -0.15) is 0 Å². The van der Waals surface area contributed by atoms with E-state index in [2.05, 4.69) is 46.5 Å². The van der Waals surface area contributed by atoms with Crippen LogP contribution in [0.2, 0.25) is 0 Å². The number of H-pyrrole nitrogens is 1. The van der Waals surface area contributed by atoms with Crippen LogP contribution < -0.4 is 5.43 Å². The van der Waals surface area contributed by atoms with Crippen LogP contribution >= 0.6 is 0 Å². The summed E-state index contributed by atoms with van der Waals surface area (Å²) in [7, 11) is 0. The summed E-state index contributed by atoms with van der Waals surface area (Å²) in [5.74, 6) is 0. The zero-order valence-electron chi connectivity index (χ0n) is 11.7. The Morgan fingerprint density at radius 2 is 2.16 bits per heavy atom. The molecule has 4 nitrogen and oxygen atoms in total. The minimum Gasteiger partial charge on any atom is -0.346 e. The Hall–Kier alpha value is -1.39. The highest BCUT2D eigenvalue weighted by atomic mass is 15.5. The van der Waals surface area contributed by atoms with Gasteiger partial charge in [-0.3, -0.25) is 5.43 Å². The lowest BCUT2D eigenvalue weighted by molar-refractivity contribution is 0.0437.